The van der Waals surface area contributed by atoms with Gasteiger partial charge in [-0.25, -0.2) is 13.6 Å². The average Bonchev–Trinajstić information content (AvgIpc) is 2.74. The van der Waals surface area contributed by atoms with Gasteiger partial charge in [-0.3, -0.25) is 4.99 Å². The van der Waals surface area contributed by atoms with Gasteiger partial charge in [-0.2, -0.15) is 0 Å². The molecule has 0 radical (unpaired) electrons. The first-order valence-corrected chi connectivity index (χ1v) is 7.85. The predicted molar refractivity (Wildman–Crippen MR) is 76.6 cm³/mol. The molecule has 0 aromatic heterocycles. The van der Waals surface area contributed by atoms with Crippen LogP contribution in [0.4, 0.5) is 5.69 Å². The van der Waals surface area contributed by atoms with Crippen LogP contribution in [0.5, 0.6) is 0 Å². The molecule has 1 aliphatic carbocycles. The molecule has 0 fully saturated rings. The van der Waals surface area contributed by atoms with Crippen LogP contribution in [-0.4, -0.2) is 26.7 Å². The maximum atomic E-state index is 10.7. The van der Waals surface area contributed by atoms with E-state index in [-0.39, 0.29) is 18.3 Å². The van der Waals surface area contributed by atoms with Gasteiger partial charge in [0, 0.05) is 5.69 Å². The third-order valence-electron chi connectivity index (χ3n) is 3.03. The van der Waals surface area contributed by atoms with E-state index in [1.54, 1.807) is 0 Å². The van der Waals surface area contributed by atoms with Gasteiger partial charge in [-0.1, -0.05) is 6.07 Å². The zero-order valence-electron chi connectivity index (χ0n) is 10.6. The Morgan fingerprint density at radius 3 is 2.79 bits per heavy atom. The Morgan fingerprint density at radius 2 is 2.05 bits per heavy atom. The first-order valence-electron chi connectivity index (χ1n) is 6.13. The summed E-state index contributed by atoms with van der Waals surface area (Å²) in [7, 11) is -3.49. The maximum Gasteiger partial charge on any atom is 0.210 e. The van der Waals surface area contributed by atoms with Crippen LogP contribution in [0.25, 0.3) is 0 Å². The summed E-state index contributed by atoms with van der Waals surface area (Å²) < 4.78 is 21.5. The van der Waals surface area contributed by atoms with Gasteiger partial charge in [-0.05, 0) is 42.5 Å². The molecule has 0 bridgehead atoms. The first-order chi connectivity index (χ1) is 8.94. The van der Waals surface area contributed by atoms with Gasteiger partial charge in [0.15, 0.2) is 5.96 Å². The summed E-state index contributed by atoms with van der Waals surface area (Å²) in [4.78, 5) is 3.92. The van der Waals surface area contributed by atoms with E-state index in [0.717, 1.165) is 18.5 Å². The highest BCUT2D eigenvalue weighted by molar-refractivity contribution is 7.89. The fourth-order valence-electron chi connectivity index (χ4n) is 2.13. The number of benzene rings is 1. The number of anilines is 1. The normalized spacial score (nSPS) is 15.3. The highest BCUT2D eigenvalue weighted by atomic mass is 32.2. The van der Waals surface area contributed by atoms with Crippen molar-refractivity contribution in [1.29, 1.82) is 0 Å². The number of primary sulfonamides is 1. The number of hydrogen-bond donors (Lipinski definition) is 3. The molecule has 1 aromatic rings. The molecule has 1 aromatic carbocycles. The van der Waals surface area contributed by atoms with Gasteiger partial charge in [-0.15, -0.1) is 0 Å². The summed E-state index contributed by atoms with van der Waals surface area (Å²) in [6.07, 6.45) is 3.41. The molecule has 6 nitrogen and oxygen atoms in total. The third-order valence-corrected chi connectivity index (χ3v) is 3.78. The van der Waals surface area contributed by atoms with Crippen LogP contribution in [0.3, 0.4) is 0 Å². The number of nitrogens with one attached hydrogen (secondary N) is 1. The molecule has 19 heavy (non-hydrogen) atoms. The molecule has 0 saturated carbocycles. The minimum absolute atomic E-state index is 0.0581. The van der Waals surface area contributed by atoms with E-state index < -0.39 is 10.0 Å². The van der Waals surface area contributed by atoms with Gasteiger partial charge in [0.2, 0.25) is 10.0 Å². The van der Waals surface area contributed by atoms with E-state index in [2.05, 4.69) is 22.4 Å². The minimum Gasteiger partial charge on any atom is -0.370 e. The average molecular weight is 282 g/mol. The number of nitrogens with two attached hydrogens (primary N) is 2. The zero-order valence-corrected chi connectivity index (χ0v) is 11.4. The van der Waals surface area contributed by atoms with Crippen LogP contribution in [0.15, 0.2) is 23.2 Å². The lowest BCUT2D eigenvalue weighted by atomic mass is 10.1. The highest BCUT2D eigenvalue weighted by Crippen LogP contribution is 2.24. The van der Waals surface area contributed by atoms with Crippen LogP contribution >= 0.6 is 0 Å². The summed E-state index contributed by atoms with van der Waals surface area (Å²) in [5.74, 6) is -0.0128. The number of aryl methyl sites for hydroxylation is 2. The Morgan fingerprint density at radius 1 is 1.32 bits per heavy atom. The van der Waals surface area contributed by atoms with Gasteiger partial charge in [0.05, 0.1) is 12.3 Å². The van der Waals surface area contributed by atoms with Crippen LogP contribution in [-0.2, 0) is 22.9 Å². The summed E-state index contributed by atoms with van der Waals surface area (Å²) in [5, 5.41) is 7.83. The Balaban J connectivity index is 1.95. The van der Waals surface area contributed by atoms with Crippen molar-refractivity contribution in [2.45, 2.75) is 19.3 Å². The van der Waals surface area contributed by atoms with Crippen LogP contribution < -0.4 is 16.2 Å². The van der Waals surface area contributed by atoms with E-state index in [4.69, 9.17) is 10.9 Å². The second kappa shape index (κ2) is 5.58. The van der Waals surface area contributed by atoms with Crippen molar-refractivity contribution >= 4 is 21.7 Å². The lowest BCUT2D eigenvalue weighted by Gasteiger charge is -2.07. The van der Waals surface area contributed by atoms with Crippen molar-refractivity contribution < 1.29 is 8.42 Å². The lowest BCUT2D eigenvalue weighted by Crippen LogP contribution is -2.25. The van der Waals surface area contributed by atoms with Gasteiger partial charge in [0.25, 0.3) is 0 Å². The first kappa shape index (κ1) is 13.8. The molecule has 104 valence electrons. The molecule has 0 aliphatic heterocycles. The van der Waals surface area contributed by atoms with E-state index in [1.807, 2.05) is 6.07 Å². The number of guanidine groups is 1. The number of fused-ring (bicyclic) bond motifs is 1. The Labute approximate surface area is 113 Å². The summed E-state index contributed by atoms with van der Waals surface area (Å²) in [6.45, 7) is 0.0581. The van der Waals surface area contributed by atoms with Crippen LogP contribution in [0.2, 0.25) is 0 Å². The molecule has 0 spiro atoms. The standard InChI is InChI=1S/C12H18N4O2S/c13-12(15-6-7-19(14,17)18)16-11-5-4-9-2-1-3-10(9)8-11/h4-5,8H,1-3,6-7H2,(H3,13,15,16)(H2,14,17,18). The molecule has 1 aliphatic rings. The Kier molecular flexibility index (Phi) is 4.06. The number of nitrogens with zero attached hydrogens (tertiary/aromatic N) is 1. The zero-order chi connectivity index (χ0) is 13.9. The van der Waals surface area contributed by atoms with Crippen molar-refractivity contribution in [1.82, 2.24) is 0 Å². The summed E-state index contributed by atoms with van der Waals surface area (Å²) in [6, 6.07) is 6.10. The topological polar surface area (TPSA) is 111 Å². The monoisotopic (exact) mass is 282 g/mol. The van der Waals surface area contributed by atoms with Crippen molar-refractivity contribution in [2.75, 3.05) is 17.6 Å². The lowest BCUT2D eigenvalue weighted by molar-refractivity contribution is 0.597. The van der Waals surface area contributed by atoms with Gasteiger partial charge in [0.1, 0.15) is 0 Å². The fraction of sp³-hybridized carbons (Fsp3) is 0.417. The molecule has 5 N–H and O–H groups in total. The van der Waals surface area contributed by atoms with Crippen LogP contribution in [0.1, 0.15) is 17.5 Å². The van der Waals surface area contributed by atoms with E-state index in [9.17, 15) is 8.42 Å². The quantitative estimate of drug-likeness (QED) is 0.540. The largest absolute Gasteiger partial charge is 0.370 e. The van der Waals surface area contributed by atoms with E-state index in [0.29, 0.717) is 0 Å². The molecule has 0 saturated heterocycles. The van der Waals surface area contributed by atoms with Gasteiger partial charge >= 0.3 is 0 Å². The molecular formula is C12H18N4O2S. The summed E-state index contributed by atoms with van der Waals surface area (Å²) >= 11 is 0. The van der Waals surface area contributed by atoms with E-state index >= 15 is 0 Å². The Hall–Kier alpha value is -1.60. The predicted octanol–water partition coefficient (Wildman–Crippen LogP) is 0.190. The molecule has 0 heterocycles. The van der Waals surface area contributed by atoms with Crippen LogP contribution in [0, 0.1) is 0 Å². The molecule has 2 rings (SSSR count). The van der Waals surface area contributed by atoms with Gasteiger partial charge < -0.3 is 11.1 Å². The second-order valence-electron chi connectivity index (χ2n) is 4.60. The molecule has 0 atom stereocenters. The highest BCUT2D eigenvalue weighted by Gasteiger charge is 2.10. The number of aliphatic imine (C=N–C) groups is 1. The smallest absolute Gasteiger partial charge is 0.210 e. The van der Waals surface area contributed by atoms with Crippen molar-refractivity contribution in [3.8, 4) is 0 Å². The minimum atomic E-state index is -3.49. The number of sulfonamides is 1. The van der Waals surface area contributed by atoms with E-state index in [1.165, 1.54) is 17.5 Å². The van der Waals surface area contributed by atoms with Crippen molar-refractivity contribution in [3.05, 3.63) is 29.3 Å². The SMILES string of the molecule is NC(=NCCS(N)(=O)=O)Nc1ccc2c(c1)CCC2. The maximum absolute atomic E-state index is 10.7. The van der Waals surface area contributed by atoms with Crippen molar-refractivity contribution in [3.63, 3.8) is 0 Å². The third kappa shape index (κ3) is 4.22. The van der Waals surface area contributed by atoms with Crippen molar-refractivity contribution in [2.24, 2.45) is 15.9 Å². The number of rotatable bonds is 4. The summed E-state index contributed by atoms with van der Waals surface area (Å²) in [5.41, 5.74) is 9.28. The molecule has 7 heteroatoms. The Bertz CT molecular complexity index is 596. The fourth-order valence-corrected chi connectivity index (χ4v) is 2.48. The molecular weight excluding hydrogens is 264 g/mol. The molecule has 0 unspecified atom stereocenters. The second-order valence-corrected chi connectivity index (χ2v) is 6.33. The molecule has 0 amide bonds. The number of hydrogen-bond acceptors (Lipinski definition) is 3.